The van der Waals surface area contributed by atoms with Gasteiger partial charge in [-0.2, -0.15) is 0 Å². The summed E-state index contributed by atoms with van der Waals surface area (Å²) < 4.78 is 19.8. The minimum atomic E-state index is -0.124. The maximum absolute atomic E-state index is 13.5. The van der Waals surface area contributed by atoms with Gasteiger partial charge in [-0.3, -0.25) is 0 Å². The molecule has 4 heteroatoms. The van der Waals surface area contributed by atoms with E-state index >= 15 is 0 Å². The Hall–Kier alpha value is -1.39. The van der Waals surface area contributed by atoms with Gasteiger partial charge >= 0.3 is 0 Å². The molecule has 0 fully saturated rings. The summed E-state index contributed by atoms with van der Waals surface area (Å²) in [5, 5.41) is 2.16. The van der Waals surface area contributed by atoms with E-state index in [4.69, 9.17) is 4.74 Å². The van der Waals surface area contributed by atoms with E-state index in [1.165, 1.54) is 6.07 Å². The average Bonchev–Trinajstić information content (AvgIpc) is 2.45. The first kappa shape index (κ1) is 15.0. The molecular weight excluding hydrogens is 321 g/mol. The highest BCUT2D eigenvalue weighted by atomic mass is 79.9. The van der Waals surface area contributed by atoms with Gasteiger partial charge in [-0.25, -0.2) is 4.39 Å². The van der Waals surface area contributed by atoms with Crippen LogP contribution >= 0.6 is 15.9 Å². The van der Waals surface area contributed by atoms with Crippen LogP contribution in [-0.4, -0.2) is 13.7 Å². The standard InChI is InChI=1S/C16H17BrFNO/c1-20-16-7-6-14(17)10-13(16)11-19-9-8-12-4-2-3-5-15(12)18/h2-7,10,19H,8-9,11H2,1H3/p+1. The lowest BCUT2D eigenvalue weighted by atomic mass is 10.1. The van der Waals surface area contributed by atoms with Crippen LogP contribution < -0.4 is 10.1 Å². The van der Waals surface area contributed by atoms with Gasteiger partial charge in [-0.05, 0) is 29.8 Å². The van der Waals surface area contributed by atoms with Gasteiger partial charge in [0.25, 0.3) is 0 Å². The summed E-state index contributed by atoms with van der Waals surface area (Å²) in [6, 6.07) is 12.9. The molecule has 0 aromatic heterocycles. The molecule has 0 heterocycles. The van der Waals surface area contributed by atoms with Crippen molar-refractivity contribution in [1.29, 1.82) is 0 Å². The lowest BCUT2D eigenvalue weighted by molar-refractivity contribution is -0.670. The monoisotopic (exact) mass is 338 g/mol. The molecule has 0 aliphatic rings. The van der Waals surface area contributed by atoms with E-state index < -0.39 is 0 Å². The molecule has 0 amide bonds. The van der Waals surface area contributed by atoms with Crippen molar-refractivity contribution >= 4 is 15.9 Å². The van der Waals surface area contributed by atoms with Gasteiger partial charge in [0.15, 0.2) is 0 Å². The second-order valence-corrected chi connectivity index (χ2v) is 5.49. The van der Waals surface area contributed by atoms with Gasteiger partial charge in [0.2, 0.25) is 0 Å². The molecule has 2 aromatic rings. The summed E-state index contributed by atoms with van der Waals surface area (Å²) >= 11 is 3.46. The minimum Gasteiger partial charge on any atom is -0.496 e. The number of rotatable bonds is 6. The van der Waals surface area contributed by atoms with Crippen molar-refractivity contribution < 1.29 is 14.4 Å². The number of halogens is 2. The Balaban J connectivity index is 1.87. The van der Waals surface area contributed by atoms with Crippen molar-refractivity contribution in [3.8, 4) is 5.75 Å². The van der Waals surface area contributed by atoms with Crippen molar-refractivity contribution in [2.75, 3.05) is 13.7 Å². The Kier molecular flexibility index (Phi) is 5.56. The number of methoxy groups -OCH3 is 1. The minimum absolute atomic E-state index is 0.124. The lowest BCUT2D eigenvalue weighted by Crippen LogP contribution is -2.83. The number of quaternary nitrogens is 1. The van der Waals surface area contributed by atoms with Gasteiger partial charge in [-0.15, -0.1) is 0 Å². The van der Waals surface area contributed by atoms with Gasteiger partial charge in [0.1, 0.15) is 18.1 Å². The molecule has 2 aromatic carbocycles. The number of ether oxygens (including phenoxy) is 1. The molecule has 20 heavy (non-hydrogen) atoms. The largest absolute Gasteiger partial charge is 0.496 e. The van der Waals surface area contributed by atoms with E-state index in [1.807, 2.05) is 24.3 Å². The van der Waals surface area contributed by atoms with E-state index in [9.17, 15) is 4.39 Å². The van der Waals surface area contributed by atoms with Crippen LogP contribution in [0.5, 0.6) is 5.75 Å². The Morgan fingerprint density at radius 2 is 1.95 bits per heavy atom. The second kappa shape index (κ2) is 7.41. The first-order valence-electron chi connectivity index (χ1n) is 6.58. The molecular formula is C16H18BrFNO+. The molecule has 0 saturated carbocycles. The van der Waals surface area contributed by atoms with Gasteiger partial charge in [0, 0.05) is 16.5 Å². The van der Waals surface area contributed by atoms with Crippen LogP contribution in [0.1, 0.15) is 11.1 Å². The Bertz CT molecular complexity index is 574. The molecule has 2 nitrogen and oxygen atoms in total. The molecule has 0 radical (unpaired) electrons. The number of nitrogens with two attached hydrogens (primary N) is 1. The van der Waals surface area contributed by atoms with Crippen LogP contribution in [-0.2, 0) is 13.0 Å². The zero-order valence-corrected chi connectivity index (χ0v) is 13.0. The van der Waals surface area contributed by atoms with Gasteiger partial charge < -0.3 is 10.1 Å². The van der Waals surface area contributed by atoms with Crippen molar-refractivity contribution in [3.05, 3.63) is 63.9 Å². The zero-order valence-electron chi connectivity index (χ0n) is 11.4. The maximum Gasteiger partial charge on any atom is 0.127 e. The summed E-state index contributed by atoms with van der Waals surface area (Å²) in [6.07, 6.45) is 0.725. The number of hydrogen-bond donors (Lipinski definition) is 1. The van der Waals surface area contributed by atoms with E-state index in [-0.39, 0.29) is 5.82 Å². The van der Waals surface area contributed by atoms with E-state index in [0.717, 1.165) is 40.9 Å². The van der Waals surface area contributed by atoms with Crippen molar-refractivity contribution in [1.82, 2.24) is 0 Å². The first-order chi connectivity index (χ1) is 9.70. The van der Waals surface area contributed by atoms with E-state index in [2.05, 4.69) is 27.3 Å². The predicted molar refractivity (Wildman–Crippen MR) is 81.3 cm³/mol. The highest BCUT2D eigenvalue weighted by molar-refractivity contribution is 9.10. The third-order valence-corrected chi connectivity index (χ3v) is 3.68. The molecule has 0 aliphatic carbocycles. The summed E-state index contributed by atoms with van der Waals surface area (Å²) in [6.45, 7) is 1.66. The Morgan fingerprint density at radius 3 is 2.70 bits per heavy atom. The highest BCUT2D eigenvalue weighted by Crippen LogP contribution is 2.21. The van der Waals surface area contributed by atoms with Gasteiger partial charge in [0.05, 0.1) is 13.7 Å². The Morgan fingerprint density at radius 1 is 1.15 bits per heavy atom. The SMILES string of the molecule is COc1ccc(Br)cc1C[NH2+]CCc1ccccc1F. The smallest absolute Gasteiger partial charge is 0.127 e. The third-order valence-electron chi connectivity index (χ3n) is 3.18. The molecule has 0 unspecified atom stereocenters. The normalized spacial score (nSPS) is 10.6. The summed E-state index contributed by atoms with van der Waals surface area (Å²) in [4.78, 5) is 0. The fraction of sp³-hybridized carbons (Fsp3) is 0.250. The average molecular weight is 339 g/mol. The number of hydrogen-bond acceptors (Lipinski definition) is 1. The topological polar surface area (TPSA) is 25.8 Å². The fourth-order valence-corrected chi connectivity index (χ4v) is 2.53. The Labute approximate surface area is 127 Å². The van der Waals surface area contributed by atoms with Crippen LogP contribution in [0.15, 0.2) is 46.9 Å². The molecule has 0 aliphatic heterocycles. The van der Waals surface area contributed by atoms with E-state index in [0.29, 0.717) is 0 Å². The lowest BCUT2D eigenvalue weighted by Gasteiger charge is -2.08. The molecule has 106 valence electrons. The van der Waals surface area contributed by atoms with Gasteiger partial charge in [-0.1, -0.05) is 34.1 Å². The van der Waals surface area contributed by atoms with Crippen LogP contribution in [0.25, 0.3) is 0 Å². The zero-order chi connectivity index (χ0) is 14.4. The van der Waals surface area contributed by atoms with Crippen LogP contribution in [0.2, 0.25) is 0 Å². The third kappa shape index (κ3) is 4.05. The fourth-order valence-electron chi connectivity index (χ4n) is 2.12. The predicted octanol–water partition coefficient (Wildman–Crippen LogP) is 2.90. The van der Waals surface area contributed by atoms with Crippen LogP contribution in [0.4, 0.5) is 4.39 Å². The summed E-state index contributed by atoms with van der Waals surface area (Å²) in [7, 11) is 1.67. The maximum atomic E-state index is 13.5. The molecule has 0 spiro atoms. The van der Waals surface area contributed by atoms with E-state index in [1.54, 1.807) is 13.2 Å². The van der Waals surface area contributed by atoms with Crippen LogP contribution in [0.3, 0.4) is 0 Å². The molecule has 2 rings (SSSR count). The van der Waals surface area contributed by atoms with Crippen molar-refractivity contribution in [3.63, 3.8) is 0 Å². The van der Waals surface area contributed by atoms with Crippen molar-refractivity contribution in [2.24, 2.45) is 0 Å². The number of benzene rings is 2. The quantitative estimate of drug-likeness (QED) is 0.805. The molecule has 0 bridgehead atoms. The molecule has 0 saturated heterocycles. The summed E-state index contributed by atoms with van der Waals surface area (Å²) in [5.74, 6) is 0.760. The molecule has 0 atom stereocenters. The molecule has 2 N–H and O–H groups in total. The summed E-state index contributed by atoms with van der Waals surface area (Å²) in [5.41, 5.74) is 1.90. The second-order valence-electron chi connectivity index (χ2n) is 4.58. The first-order valence-corrected chi connectivity index (χ1v) is 7.37. The van der Waals surface area contributed by atoms with Crippen LogP contribution in [0, 0.1) is 5.82 Å². The highest BCUT2D eigenvalue weighted by Gasteiger charge is 2.06. The van der Waals surface area contributed by atoms with Crippen molar-refractivity contribution in [2.45, 2.75) is 13.0 Å².